The van der Waals surface area contributed by atoms with Crippen LogP contribution in [0.5, 0.6) is 0 Å². The number of carbonyl (C=O) groups excluding carboxylic acids is 3. The Bertz CT molecular complexity index is 382. The number of thioether (sulfide) groups is 1. The Morgan fingerprint density at radius 3 is 2.74 bits per heavy atom. The lowest BCUT2D eigenvalue weighted by molar-refractivity contribution is -0.151. The zero-order chi connectivity index (χ0) is 14.4. The maximum atomic E-state index is 11.4. The molecule has 1 N–H and O–H groups in total. The first-order valence-electron chi connectivity index (χ1n) is 5.82. The molecule has 19 heavy (non-hydrogen) atoms. The fraction of sp³-hybridized carbons (Fsp3) is 0.636. The molecular formula is C11H16N2O4S2. The van der Waals surface area contributed by atoms with Gasteiger partial charge in [-0.05, 0) is 0 Å². The molecule has 6 nitrogen and oxygen atoms in total. The summed E-state index contributed by atoms with van der Waals surface area (Å²) in [4.78, 5) is 35.4. The average molecular weight is 304 g/mol. The lowest BCUT2D eigenvalue weighted by atomic mass is 10.2. The molecule has 0 aromatic carbocycles. The third-order valence-corrected chi connectivity index (χ3v) is 3.75. The Labute approximate surface area is 121 Å². The molecule has 0 radical (unpaired) electrons. The molecule has 1 heterocycles. The van der Waals surface area contributed by atoms with Gasteiger partial charge in [0.05, 0.1) is 11.7 Å². The molecule has 1 rings (SSSR count). The summed E-state index contributed by atoms with van der Waals surface area (Å²) < 4.78 is 5.30. The highest BCUT2D eigenvalue weighted by Crippen LogP contribution is 2.18. The maximum Gasteiger partial charge on any atom is 0.308 e. The summed E-state index contributed by atoms with van der Waals surface area (Å²) in [5, 5.41) is 2.57. The molecule has 0 bridgehead atoms. The van der Waals surface area contributed by atoms with E-state index in [4.69, 9.17) is 17.0 Å². The Balaban J connectivity index is 2.19. The van der Waals surface area contributed by atoms with Gasteiger partial charge in [0.2, 0.25) is 5.91 Å². The predicted molar refractivity (Wildman–Crippen MR) is 75.6 cm³/mol. The Kier molecular flexibility index (Phi) is 6.23. The molecule has 0 spiro atoms. The van der Waals surface area contributed by atoms with Crippen LogP contribution in [0.2, 0.25) is 0 Å². The first kappa shape index (κ1) is 15.9. The van der Waals surface area contributed by atoms with Crippen LogP contribution >= 0.6 is 24.0 Å². The summed E-state index contributed by atoms with van der Waals surface area (Å²) in [6, 6.07) is 0. The Morgan fingerprint density at radius 2 is 2.21 bits per heavy atom. The molecule has 106 valence electrons. The van der Waals surface area contributed by atoms with Gasteiger partial charge in [-0.15, -0.1) is 0 Å². The van der Waals surface area contributed by atoms with Crippen molar-refractivity contribution in [2.75, 3.05) is 25.4 Å². The van der Waals surface area contributed by atoms with E-state index in [-0.39, 0.29) is 30.9 Å². The smallest absolute Gasteiger partial charge is 0.308 e. The monoisotopic (exact) mass is 304 g/mol. The normalized spacial score (nSPS) is 15.0. The van der Waals surface area contributed by atoms with Crippen LogP contribution in [0, 0.1) is 5.92 Å². The van der Waals surface area contributed by atoms with Gasteiger partial charge in [0.25, 0.3) is 5.91 Å². The molecule has 0 aliphatic carbocycles. The quantitative estimate of drug-likeness (QED) is 0.556. The fourth-order valence-electron chi connectivity index (χ4n) is 1.26. The summed E-state index contributed by atoms with van der Waals surface area (Å²) in [5.74, 6) is -0.750. The van der Waals surface area contributed by atoms with Crippen molar-refractivity contribution in [1.29, 1.82) is 0 Å². The zero-order valence-electron chi connectivity index (χ0n) is 10.8. The molecule has 0 atom stereocenters. The van der Waals surface area contributed by atoms with Crippen molar-refractivity contribution in [1.82, 2.24) is 10.2 Å². The van der Waals surface area contributed by atoms with Crippen LogP contribution in [0.25, 0.3) is 0 Å². The first-order chi connectivity index (χ1) is 8.91. The van der Waals surface area contributed by atoms with Gasteiger partial charge in [0, 0.05) is 13.1 Å². The number of esters is 1. The van der Waals surface area contributed by atoms with E-state index in [1.54, 1.807) is 13.8 Å². The van der Waals surface area contributed by atoms with Gasteiger partial charge in [0.15, 0.2) is 6.61 Å². The van der Waals surface area contributed by atoms with E-state index in [0.717, 1.165) is 0 Å². The lowest BCUT2D eigenvalue weighted by Crippen LogP contribution is -2.38. The molecule has 0 unspecified atom stereocenters. The summed E-state index contributed by atoms with van der Waals surface area (Å²) in [6.07, 6.45) is 0. The molecule has 1 saturated heterocycles. The van der Waals surface area contributed by atoms with E-state index < -0.39 is 5.97 Å². The second-order valence-electron chi connectivity index (χ2n) is 4.21. The molecule has 2 amide bonds. The minimum Gasteiger partial charge on any atom is -0.455 e. The largest absolute Gasteiger partial charge is 0.455 e. The number of thiocarbonyl (C=S) groups is 1. The summed E-state index contributed by atoms with van der Waals surface area (Å²) in [6.45, 7) is 3.71. The second-order valence-corrected chi connectivity index (χ2v) is 5.82. The Morgan fingerprint density at radius 1 is 1.53 bits per heavy atom. The minimum absolute atomic E-state index is 0.0458. The highest BCUT2D eigenvalue weighted by atomic mass is 32.2. The Hall–Kier alpha value is -1.15. The molecule has 0 aromatic heterocycles. The van der Waals surface area contributed by atoms with Gasteiger partial charge in [-0.1, -0.05) is 37.8 Å². The van der Waals surface area contributed by atoms with Gasteiger partial charge in [0.1, 0.15) is 4.32 Å². The van der Waals surface area contributed by atoms with Gasteiger partial charge >= 0.3 is 5.97 Å². The number of hydrogen-bond acceptors (Lipinski definition) is 6. The summed E-state index contributed by atoms with van der Waals surface area (Å²) in [5.41, 5.74) is 0. The summed E-state index contributed by atoms with van der Waals surface area (Å²) in [7, 11) is 0. The minimum atomic E-state index is -0.414. The summed E-state index contributed by atoms with van der Waals surface area (Å²) >= 11 is 6.31. The fourth-order valence-corrected chi connectivity index (χ4v) is 2.38. The van der Waals surface area contributed by atoms with E-state index in [0.29, 0.717) is 16.6 Å². The van der Waals surface area contributed by atoms with Crippen LogP contribution in [0.3, 0.4) is 0 Å². The average Bonchev–Trinajstić information content (AvgIpc) is 2.67. The van der Waals surface area contributed by atoms with Gasteiger partial charge in [-0.25, -0.2) is 0 Å². The van der Waals surface area contributed by atoms with E-state index in [2.05, 4.69) is 5.32 Å². The van der Waals surface area contributed by atoms with Gasteiger partial charge < -0.3 is 10.1 Å². The predicted octanol–water partition coefficient (Wildman–Crippen LogP) is 0.162. The standard InChI is InChI=1S/C11H16N2O4S2/c1-7(2)10(16)17-5-8(14)12-3-4-13-9(15)6-19-11(13)18/h7H,3-6H2,1-2H3,(H,12,14). The molecular weight excluding hydrogens is 288 g/mol. The van der Waals surface area contributed by atoms with Crippen LogP contribution < -0.4 is 5.32 Å². The molecule has 0 saturated carbocycles. The molecule has 1 fully saturated rings. The molecule has 8 heteroatoms. The number of rotatable bonds is 6. The topological polar surface area (TPSA) is 75.7 Å². The van der Waals surface area contributed by atoms with Gasteiger partial charge in [-0.2, -0.15) is 0 Å². The van der Waals surface area contributed by atoms with E-state index in [1.165, 1.54) is 16.7 Å². The van der Waals surface area contributed by atoms with Crippen molar-refractivity contribution < 1.29 is 19.1 Å². The van der Waals surface area contributed by atoms with E-state index in [9.17, 15) is 14.4 Å². The van der Waals surface area contributed by atoms with Crippen LogP contribution in [0.15, 0.2) is 0 Å². The zero-order valence-corrected chi connectivity index (χ0v) is 12.4. The molecule has 1 aliphatic rings. The highest BCUT2D eigenvalue weighted by Gasteiger charge is 2.25. The van der Waals surface area contributed by atoms with Crippen molar-refractivity contribution in [2.45, 2.75) is 13.8 Å². The third kappa shape index (κ3) is 5.15. The molecule has 1 aliphatic heterocycles. The van der Waals surface area contributed by atoms with Crippen molar-refractivity contribution >= 4 is 46.1 Å². The SMILES string of the molecule is CC(C)C(=O)OCC(=O)NCCN1C(=O)CSC1=S. The van der Waals surface area contributed by atoms with Crippen LogP contribution in [0.1, 0.15) is 13.8 Å². The first-order valence-corrected chi connectivity index (χ1v) is 7.21. The van der Waals surface area contributed by atoms with Crippen molar-refractivity contribution in [3.8, 4) is 0 Å². The number of amides is 2. The van der Waals surface area contributed by atoms with Gasteiger partial charge in [-0.3, -0.25) is 19.3 Å². The molecule has 0 aromatic rings. The van der Waals surface area contributed by atoms with Crippen molar-refractivity contribution in [2.24, 2.45) is 5.92 Å². The van der Waals surface area contributed by atoms with Crippen LogP contribution in [-0.2, 0) is 19.1 Å². The third-order valence-electron chi connectivity index (χ3n) is 2.32. The number of hydrogen-bond donors (Lipinski definition) is 1. The number of nitrogens with zero attached hydrogens (tertiary/aromatic N) is 1. The van der Waals surface area contributed by atoms with Crippen molar-refractivity contribution in [3.63, 3.8) is 0 Å². The van der Waals surface area contributed by atoms with E-state index >= 15 is 0 Å². The van der Waals surface area contributed by atoms with E-state index in [1.807, 2.05) is 0 Å². The number of carbonyl (C=O) groups is 3. The number of nitrogens with one attached hydrogen (secondary N) is 1. The van der Waals surface area contributed by atoms with Crippen molar-refractivity contribution in [3.05, 3.63) is 0 Å². The number of ether oxygens (including phenoxy) is 1. The van der Waals surface area contributed by atoms with Crippen LogP contribution in [0.4, 0.5) is 0 Å². The lowest BCUT2D eigenvalue weighted by Gasteiger charge is -2.15. The maximum absolute atomic E-state index is 11.4. The second kappa shape index (κ2) is 7.44. The van der Waals surface area contributed by atoms with Crippen LogP contribution in [-0.4, -0.2) is 52.5 Å². The highest BCUT2D eigenvalue weighted by molar-refractivity contribution is 8.23.